The van der Waals surface area contributed by atoms with Crippen LogP contribution in [-0.2, 0) is 0 Å². The summed E-state index contributed by atoms with van der Waals surface area (Å²) in [6.45, 7) is 8.92. The van der Waals surface area contributed by atoms with Gasteiger partial charge < -0.3 is 11.1 Å². The van der Waals surface area contributed by atoms with Gasteiger partial charge in [-0.1, -0.05) is 70.4 Å². The van der Waals surface area contributed by atoms with Gasteiger partial charge in [-0.15, -0.1) is 0 Å². The molecule has 0 saturated heterocycles. The first-order chi connectivity index (χ1) is 9.69. The summed E-state index contributed by atoms with van der Waals surface area (Å²) in [7, 11) is 0. The van der Waals surface area contributed by atoms with Crippen molar-refractivity contribution in [1.29, 1.82) is 0 Å². The quantitative estimate of drug-likeness (QED) is 0.674. The Morgan fingerprint density at radius 2 is 1.80 bits per heavy atom. The molecule has 0 aliphatic heterocycles. The molecule has 0 saturated carbocycles. The Balaban J connectivity index is 2.30. The third kappa shape index (κ3) is 6.06. The van der Waals surface area contributed by atoms with Crippen LogP contribution in [0.4, 0.5) is 0 Å². The van der Waals surface area contributed by atoms with Crippen molar-refractivity contribution in [3.8, 4) is 0 Å². The molecule has 3 unspecified atom stereocenters. The van der Waals surface area contributed by atoms with Crippen LogP contribution in [0.15, 0.2) is 30.3 Å². The molecule has 0 fully saturated rings. The van der Waals surface area contributed by atoms with E-state index in [-0.39, 0.29) is 6.04 Å². The van der Waals surface area contributed by atoms with Crippen molar-refractivity contribution in [2.45, 2.75) is 52.5 Å². The van der Waals surface area contributed by atoms with Crippen molar-refractivity contribution in [1.82, 2.24) is 5.32 Å². The molecule has 1 rings (SSSR count). The highest BCUT2D eigenvalue weighted by molar-refractivity contribution is 5.19. The average molecular weight is 276 g/mol. The number of hydrogen-bond donors (Lipinski definition) is 2. The largest absolute Gasteiger partial charge is 0.324 e. The Kier molecular flexibility index (Phi) is 8.56. The lowest BCUT2D eigenvalue weighted by molar-refractivity contribution is 0.378. The van der Waals surface area contributed by atoms with Gasteiger partial charge in [-0.05, 0) is 36.9 Å². The second-order valence-electron chi connectivity index (χ2n) is 5.99. The summed E-state index contributed by atoms with van der Waals surface area (Å²) in [4.78, 5) is 0. The third-order valence-corrected chi connectivity index (χ3v) is 4.24. The first-order valence-electron chi connectivity index (χ1n) is 8.20. The minimum Gasteiger partial charge on any atom is -0.324 e. The Labute approximate surface area is 125 Å². The minimum atomic E-state index is 0.124. The van der Waals surface area contributed by atoms with Crippen molar-refractivity contribution in [2.24, 2.45) is 17.6 Å². The molecule has 3 N–H and O–H groups in total. The number of nitrogens with one attached hydrogen (secondary N) is 1. The first kappa shape index (κ1) is 17.2. The zero-order chi connectivity index (χ0) is 14.8. The summed E-state index contributed by atoms with van der Waals surface area (Å²) in [5.41, 5.74) is 7.56. The molecule has 0 aromatic heterocycles. The summed E-state index contributed by atoms with van der Waals surface area (Å²) >= 11 is 0. The summed E-state index contributed by atoms with van der Waals surface area (Å²) in [5.74, 6) is 1.27. The topological polar surface area (TPSA) is 38.0 Å². The summed E-state index contributed by atoms with van der Waals surface area (Å²) in [6, 6.07) is 10.5. The van der Waals surface area contributed by atoms with Crippen LogP contribution < -0.4 is 11.1 Å². The van der Waals surface area contributed by atoms with Crippen molar-refractivity contribution >= 4 is 0 Å². The number of benzene rings is 1. The van der Waals surface area contributed by atoms with Crippen molar-refractivity contribution in [3.05, 3.63) is 35.9 Å². The van der Waals surface area contributed by atoms with Gasteiger partial charge in [0, 0.05) is 6.04 Å². The molecule has 20 heavy (non-hydrogen) atoms. The molecule has 0 aliphatic carbocycles. The van der Waals surface area contributed by atoms with Gasteiger partial charge >= 0.3 is 0 Å². The van der Waals surface area contributed by atoms with Crippen molar-refractivity contribution < 1.29 is 0 Å². The molecule has 114 valence electrons. The van der Waals surface area contributed by atoms with Gasteiger partial charge in [0.25, 0.3) is 0 Å². The molecule has 2 nitrogen and oxygen atoms in total. The van der Waals surface area contributed by atoms with Gasteiger partial charge in [-0.2, -0.15) is 0 Å². The molecule has 1 aromatic carbocycles. The average Bonchev–Trinajstić information content (AvgIpc) is 2.50. The van der Waals surface area contributed by atoms with Crippen molar-refractivity contribution in [3.63, 3.8) is 0 Å². The van der Waals surface area contributed by atoms with Gasteiger partial charge in [0.2, 0.25) is 0 Å². The molecule has 0 aliphatic rings. The molecule has 0 bridgehead atoms. The predicted octanol–water partition coefficient (Wildman–Crippen LogP) is 4.13. The molecule has 0 spiro atoms. The number of nitrogens with two attached hydrogens (primary N) is 1. The van der Waals surface area contributed by atoms with E-state index in [2.05, 4.69) is 50.4 Å². The lowest BCUT2D eigenvalue weighted by Crippen LogP contribution is -2.32. The molecular formula is C18H32N2. The van der Waals surface area contributed by atoms with Crippen LogP contribution >= 0.6 is 0 Å². The van der Waals surface area contributed by atoms with E-state index in [1.165, 1.54) is 31.2 Å². The predicted molar refractivity (Wildman–Crippen MR) is 88.7 cm³/mol. The highest BCUT2D eigenvalue weighted by Crippen LogP contribution is 2.18. The van der Waals surface area contributed by atoms with E-state index < -0.39 is 0 Å². The fourth-order valence-corrected chi connectivity index (χ4v) is 2.59. The molecule has 1 aromatic rings. The highest BCUT2D eigenvalue weighted by Gasteiger charge is 2.14. The van der Waals surface area contributed by atoms with E-state index in [4.69, 9.17) is 5.73 Å². The van der Waals surface area contributed by atoms with E-state index in [1.54, 1.807) is 0 Å². The van der Waals surface area contributed by atoms with Crippen molar-refractivity contribution in [2.75, 3.05) is 13.1 Å². The second kappa shape index (κ2) is 9.95. The van der Waals surface area contributed by atoms with Gasteiger partial charge in [-0.3, -0.25) is 0 Å². The monoisotopic (exact) mass is 276 g/mol. The van der Waals surface area contributed by atoms with Crippen LogP contribution in [0.2, 0.25) is 0 Å². The molecule has 3 atom stereocenters. The third-order valence-electron chi connectivity index (χ3n) is 4.24. The Bertz CT molecular complexity index is 337. The van der Waals surface area contributed by atoms with E-state index in [0.717, 1.165) is 19.0 Å². The van der Waals surface area contributed by atoms with Crippen LogP contribution in [0.3, 0.4) is 0 Å². The molecule has 2 heteroatoms. The Morgan fingerprint density at radius 3 is 2.40 bits per heavy atom. The van der Waals surface area contributed by atoms with Gasteiger partial charge in [0.05, 0.1) is 0 Å². The SMILES string of the molecule is CCCCC(CC)CNCC(C)C(N)c1ccccc1. The van der Waals surface area contributed by atoms with E-state index in [9.17, 15) is 0 Å². The van der Waals surface area contributed by atoms with Crippen LogP contribution in [0.1, 0.15) is 58.1 Å². The summed E-state index contributed by atoms with van der Waals surface area (Å²) in [6.07, 6.45) is 5.26. The van der Waals surface area contributed by atoms with Crippen LogP contribution in [-0.4, -0.2) is 13.1 Å². The Hall–Kier alpha value is -0.860. The maximum Gasteiger partial charge on any atom is 0.0333 e. The highest BCUT2D eigenvalue weighted by atomic mass is 14.9. The standard InChI is InChI=1S/C18H32N2/c1-4-6-10-16(5-2)14-20-13-15(3)18(19)17-11-8-7-9-12-17/h7-9,11-12,15-16,18,20H,4-6,10,13-14,19H2,1-3H3. The smallest absolute Gasteiger partial charge is 0.0333 e. The van der Waals surface area contributed by atoms with E-state index in [0.29, 0.717) is 5.92 Å². The maximum atomic E-state index is 6.33. The molecule has 0 amide bonds. The zero-order valence-corrected chi connectivity index (χ0v) is 13.4. The summed E-state index contributed by atoms with van der Waals surface area (Å²) in [5, 5.41) is 3.62. The Morgan fingerprint density at radius 1 is 1.10 bits per heavy atom. The van der Waals surface area contributed by atoms with Gasteiger partial charge in [-0.25, -0.2) is 0 Å². The van der Waals surface area contributed by atoms with Crippen LogP contribution in [0.5, 0.6) is 0 Å². The number of unbranched alkanes of at least 4 members (excludes halogenated alkanes) is 1. The number of hydrogen-bond acceptors (Lipinski definition) is 2. The fraction of sp³-hybridized carbons (Fsp3) is 0.667. The zero-order valence-electron chi connectivity index (χ0n) is 13.4. The van der Waals surface area contributed by atoms with Gasteiger partial charge in [0.15, 0.2) is 0 Å². The normalized spacial score (nSPS) is 15.8. The lowest BCUT2D eigenvalue weighted by atomic mass is 9.94. The molecular weight excluding hydrogens is 244 g/mol. The summed E-state index contributed by atoms with van der Waals surface area (Å²) < 4.78 is 0. The fourth-order valence-electron chi connectivity index (χ4n) is 2.59. The van der Waals surface area contributed by atoms with Gasteiger partial charge in [0.1, 0.15) is 0 Å². The lowest BCUT2D eigenvalue weighted by Gasteiger charge is -2.22. The second-order valence-corrected chi connectivity index (χ2v) is 5.99. The van der Waals surface area contributed by atoms with E-state index >= 15 is 0 Å². The first-order valence-corrected chi connectivity index (χ1v) is 8.20. The van der Waals surface area contributed by atoms with Crippen LogP contribution in [0, 0.1) is 11.8 Å². The van der Waals surface area contributed by atoms with Crippen LogP contribution in [0.25, 0.3) is 0 Å². The molecule has 0 radical (unpaired) electrons. The maximum absolute atomic E-state index is 6.33. The van der Waals surface area contributed by atoms with E-state index in [1.807, 2.05) is 6.07 Å². The molecule has 0 heterocycles. The number of rotatable bonds is 10. The minimum absolute atomic E-state index is 0.124.